The highest BCUT2D eigenvalue weighted by molar-refractivity contribution is 5.73. The third kappa shape index (κ3) is 1.23. The van der Waals surface area contributed by atoms with Gasteiger partial charge < -0.3 is 5.32 Å². The van der Waals surface area contributed by atoms with E-state index in [0.717, 1.165) is 17.8 Å². The van der Waals surface area contributed by atoms with E-state index in [-0.39, 0.29) is 5.91 Å². The summed E-state index contributed by atoms with van der Waals surface area (Å²) in [5, 5.41) is 3.06. The van der Waals surface area contributed by atoms with Gasteiger partial charge in [0.2, 0.25) is 5.91 Å². The lowest BCUT2D eigenvalue weighted by atomic mass is 9.58. The van der Waals surface area contributed by atoms with Gasteiger partial charge in [0.1, 0.15) is 0 Å². The first-order valence-electron chi connectivity index (χ1n) is 4.94. The summed E-state index contributed by atoms with van der Waals surface area (Å²) >= 11 is 0. The van der Waals surface area contributed by atoms with Gasteiger partial charge in [-0.25, -0.2) is 0 Å². The first-order valence-corrected chi connectivity index (χ1v) is 4.94. The molecule has 0 aromatic rings. The molecule has 1 unspecified atom stereocenters. The molecule has 1 N–H and O–H groups in total. The van der Waals surface area contributed by atoms with Gasteiger partial charge in [-0.2, -0.15) is 0 Å². The Morgan fingerprint density at radius 1 is 1.25 bits per heavy atom. The highest BCUT2D eigenvalue weighted by Crippen LogP contribution is 2.48. The summed E-state index contributed by atoms with van der Waals surface area (Å²) in [6.07, 6.45) is 3.91. The number of carbonyl (C=O) groups is 1. The first-order chi connectivity index (χ1) is 5.66. The highest BCUT2D eigenvalue weighted by Gasteiger charge is 2.44. The van der Waals surface area contributed by atoms with Gasteiger partial charge in [-0.15, -0.1) is 0 Å². The summed E-state index contributed by atoms with van der Waals surface area (Å²) in [5.41, 5.74) is 0. The lowest BCUT2D eigenvalue weighted by Gasteiger charge is -2.50. The molecule has 12 heavy (non-hydrogen) atoms. The average Bonchev–Trinajstić information content (AvgIpc) is 1.79. The standard InChI is InChI=1S/C10H17NO/c1-6-3-10(11-7(2)12)9-4-8(6)5-9/h6,8-10H,3-5H2,1-2H3,(H,11,12)/t6-,8?,9?,10?/m0/s1. The normalized spacial score (nSPS) is 44.8. The van der Waals surface area contributed by atoms with Crippen LogP contribution in [-0.2, 0) is 4.79 Å². The number of hydrogen-bond acceptors (Lipinski definition) is 1. The van der Waals surface area contributed by atoms with Gasteiger partial charge in [-0.1, -0.05) is 6.92 Å². The van der Waals surface area contributed by atoms with Crippen molar-refractivity contribution < 1.29 is 4.79 Å². The van der Waals surface area contributed by atoms with Gasteiger partial charge in [-0.3, -0.25) is 4.79 Å². The maximum absolute atomic E-state index is 10.9. The molecule has 0 aromatic carbocycles. The Morgan fingerprint density at radius 2 is 1.92 bits per heavy atom. The Labute approximate surface area is 73.7 Å². The van der Waals surface area contributed by atoms with Crippen molar-refractivity contribution in [3.8, 4) is 0 Å². The van der Waals surface area contributed by atoms with Crippen LogP contribution in [0.2, 0.25) is 0 Å². The Morgan fingerprint density at radius 3 is 2.42 bits per heavy atom. The van der Waals surface area contributed by atoms with Crippen LogP contribution < -0.4 is 5.32 Å². The SMILES string of the molecule is CC(=O)NC1C[C@H](C)C2CC1C2. The molecule has 1 amide bonds. The number of carbonyl (C=O) groups excluding carboxylic acids is 1. The van der Waals surface area contributed by atoms with Gasteiger partial charge in [0, 0.05) is 13.0 Å². The van der Waals surface area contributed by atoms with Crippen LogP contribution in [-0.4, -0.2) is 11.9 Å². The molecule has 0 radical (unpaired) electrons. The summed E-state index contributed by atoms with van der Waals surface area (Å²) < 4.78 is 0. The Hall–Kier alpha value is -0.530. The number of fused-ring (bicyclic) bond motifs is 2. The van der Waals surface area contributed by atoms with Crippen molar-refractivity contribution in [2.75, 3.05) is 0 Å². The Bertz CT molecular complexity index is 196. The second-order valence-corrected chi connectivity index (χ2v) is 4.51. The van der Waals surface area contributed by atoms with Gasteiger partial charge in [0.05, 0.1) is 0 Å². The number of nitrogens with one attached hydrogen (secondary N) is 1. The summed E-state index contributed by atoms with van der Waals surface area (Å²) in [5.74, 6) is 2.74. The molecular formula is C10H17NO. The molecule has 3 saturated carbocycles. The molecule has 3 fully saturated rings. The molecule has 0 heterocycles. The molecule has 2 heteroatoms. The van der Waals surface area contributed by atoms with Crippen molar-refractivity contribution in [3.05, 3.63) is 0 Å². The topological polar surface area (TPSA) is 29.1 Å². The first kappa shape index (κ1) is 8.09. The van der Waals surface area contributed by atoms with Crippen LogP contribution in [0.5, 0.6) is 0 Å². The van der Waals surface area contributed by atoms with E-state index in [2.05, 4.69) is 12.2 Å². The molecule has 2 nitrogen and oxygen atoms in total. The van der Waals surface area contributed by atoms with Crippen LogP contribution in [0.4, 0.5) is 0 Å². The minimum Gasteiger partial charge on any atom is -0.353 e. The summed E-state index contributed by atoms with van der Waals surface area (Å²) in [7, 11) is 0. The van der Waals surface area contributed by atoms with Crippen LogP contribution in [0.25, 0.3) is 0 Å². The zero-order valence-corrected chi connectivity index (χ0v) is 7.84. The van der Waals surface area contributed by atoms with E-state index in [1.807, 2.05) is 0 Å². The van der Waals surface area contributed by atoms with E-state index in [9.17, 15) is 4.79 Å². The van der Waals surface area contributed by atoms with Crippen LogP contribution in [0, 0.1) is 17.8 Å². The summed E-state index contributed by atoms with van der Waals surface area (Å²) in [6, 6.07) is 0.488. The monoisotopic (exact) mass is 167 g/mol. The van der Waals surface area contributed by atoms with Crippen molar-refractivity contribution in [3.63, 3.8) is 0 Å². The van der Waals surface area contributed by atoms with Gasteiger partial charge in [-0.05, 0) is 37.0 Å². The zero-order chi connectivity index (χ0) is 8.72. The largest absolute Gasteiger partial charge is 0.353 e. The third-order valence-electron chi connectivity index (χ3n) is 3.60. The molecule has 2 bridgehead atoms. The van der Waals surface area contributed by atoms with Crippen LogP contribution in [0.15, 0.2) is 0 Å². The smallest absolute Gasteiger partial charge is 0.217 e. The number of rotatable bonds is 1. The highest BCUT2D eigenvalue weighted by atomic mass is 16.1. The Kier molecular flexibility index (Phi) is 1.85. The molecule has 3 aliphatic rings. The van der Waals surface area contributed by atoms with E-state index in [1.165, 1.54) is 19.3 Å². The molecule has 3 aliphatic carbocycles. The molecule has 68 valence electrons. The lowest BCUT2D eigenvalue weighted by molar-refractivity contribution is -0.121. The number of hydrogen-bond donors (Lipinski definition) is 1. The molecule has 2 atom stereocenters. The van der Waals surface area contributed by atoms with Crippen LogP contribution >= 0.6 is 0 Å². The van der Waals surface area contributed by atoms with Gasteiger partial charge >= 0.3 is 0 Å². The van der Waals surface area contributed by atoms with E-state index in [1.54, 1.807) is 6.92 Å². The van der Waals surface area contributed by atoms with Crippen LogP contribution in [0.1, 0.15) is 33.1 Å². The molecule has 0 spiro atoms. The second kappa shape index (κ2) is 2.75. The third-order valence-corrected chi connectivity index (χ3v) is 3.60. The fourth-order valence-electron chi connectivity index (χ4n) is 2.73. The predicted molar refractivity (Wildman–Crippen MR) is 47.6 cm³/mol. The van der Waals surface area contributed by atoms with Crippen molar-refractivity contribution in [2.45, 2.75) is 39.2 Å². The minimum absolute atomic E-state index is 0.137. The van der Waals surface area contributed by atoms with Crippen molar-refractivity contribution in [2.24, 2.45) is 17.8 Å². The molecule has 0 aromatic heterocycles. The van der Waals surface area contributed by atoms with Gasteiger partial charge in [0.25, 0.3) is 0 Å². The van der Waals surface area contributed by atoms with Crippen molar-refractivity contribution >= 4 is 5.91 Å². The minimum atomic E-state index is 0.137. The van der Waals surface area contributed by atoms with E-state index in [4.69, 9.17) is 0 Å². The predicted octanol–water partition coefficient (Wildman–Crippen LogP) is 1.56. The number of amides is 1. The fraction of sp³-hybridized carbons (Fsp3) is 0.900. The molecule has 0 saturated heterocycles. The molecule has 0 aliphatic heterocycles. The molecular weight excluding hydrogens is 150 g/mol. The fourth-order valence-corrected chi connectivity index (χ4v) is 2.73. The second-order valence-electron chi connectivity index (χ2n) is 4.51. The van der Waals surface area contributed by atoms with E-state index in [0.29, 0.717) is 6.04 Å². The van der Waals surface area contributed by atoms with E-state index >= 15 is 0 Å². The Balaban J connectivity index is 1.93. The van der Waals surface area contributed by atoms with Crippen LogP contribution in [0.3, 0.4) is 0 Å². The lowest BCUT2D eigenvalue weighted by Crippen LogP contribution is -2.52. The summed E-state index contributed by atoms with van der Waals surface area (Å²) in [6.45, 7) is 3.93. The maximum Gasteiger partial charge on any atom is 0.217 e. The quantitative estimate of drug-likeness (QED) is 0.631. The summed E-state index contributed by atoms with van der Waals surface area (Å²) in [4.78, 5) is 10.9. The molecule has 3 rings (SSSR count). The maximum atomic E-state index is 10.9. The van der Waals surface area contributed by atoms with E-state index < -0.39 is 0 Å². The average molecular weight is 167 g/mol. The zero-order valence-electron chi connectivity index (χ0n) is 7.84. The van der Waals surface area contributed by atoms with Gasteiger partial charge in [0.15, 0.2) is 0 Å². The van der Waals surface area contributed by atoms with Crippen molar-refractivity contribution in [1.82, 2.24) is 5.32 Å². The van der Waals surface area contributed by atoms with Crippen molar-refractivity contribution in [1.29, 1.82) is 0 Å².